The molecule has 0 aliphatic carbocycles. The van der Waals surface area contributed by atoms with Crippen molar-refractivity contribution in [3.05, 3.63) is 5.82 Å². The molecule has 0 aliphatic heterocycles. The summed E-state index contributed by atoms with van der Waals surface area (Å²) in [5, 5.41) is 12.2. The van der Waals surface area contributed by atoms with Crippen molar-refractivity contribution >= 4 is 22.6 Å². The van der Waals surface area contributed by atoms with E-state index >= 15 is 0 Å². The zero-order chi connectivity index (χ0) is 11.6. The number of aromatic nitrogens is 4. The van der Waals surface area contributed by atoms with Gasteiger partial charge in [0.05, 0.1) is 0 Å². The van der Waals surface area contributed by atoms with Gasteiger partial charge in [0.15, 0.2) is 5.82 Å². The summed E-state index contributed by atoms with van der Waals surface area (Å²) >= 11 is 2.01. The van der Waals surface area contributed by atoms with Gasteiger partial charge in [0.25, 0.3) is 0 Å². The van der Waals surface area contributed by atoms with Gasteiger partial charge in [-0.05, 0) is 15.6 Å². The second-order valence-corrected chi connectivity index (χ2v) is 4.21. The molecule has 1 rings (SSSR count). The minimum absolute atomic E-state index is 0.534. The van der Waals surface area contributed by atoms with E-state index in [1.54, 1.807) is 4.80 Å². The molecule has 0 bridgehead atoms. The second kappa shape index (κ2) is 8.50. The van der Waals surface area contributed by atoms with Crippen LogP contribution in [0.15, 0.2) is 0 Å². The van der Waals surface area contributed by atoms with Crippen LogP contribution in [0.2, 0.25) is 0 Å². The number of rotatable bonds is 7. The fourth-order valence-electron chi connectivity index (χ4n) is 1.43. The molecule has 0 saturated heterocycles. The first-order chi connectivity index (χ1) is 7.86. The molecular formula is C11H17IN4. The van der Waals surface area contributed by atoms with E-state index in [0.29, 0.717) is 6.54 Å². The van der Waals surface area contributed by atoms with E-state index in [4.69, 9.17) is 0 Å². The van der Waals surface area contributed by atoms with Gasteiger partial charge in [-0.1, -0.05) is 38.5 Å². The van der Waals surface area contributed by atoms with Crippen molar-refractivity contribution in [3.8, 4) is 9.85 Å². The number of aryl methyl sites for hydroxylation is 1. The number of hydrogen-bond donors (Lipinski definition) is 0. The first kappa shape index (κ1) is 13.4. The van der Waals surface area contributed by atoms with Crippen molar-refractivity contribution < 1.29 is 0 Å². The standard InChI is InChI=1S/C11H17IN4/c1-2-3-4-5-6-8-11-13-15-16(14-11)10-7-9-12/h2-6,8,10H2,1H3. The summed E-state index contributed by atoms with van der Waals surface area (Å²) in [6, 6.07) is 0. The van der Waals surface area contributed by atoms with E-state index in [1.807, 2.05) is 22.6 Å². The largest absolute Gasteiger partial charge is 0.174 e. The molecule has 4 nitrogen and oxygen atoms in total. The molecule has 0 unspecified atom stereocenters. The first-order valence-corrected chi connectivity index (χ1v) is 6.80. The molecular weight excluding hydrogens is 315 g/mol. The van der Waals surface area contributed by atoms with Gasteiger partial charge in [-0.2, -0.15) is 4.80 Å². The van der Waals surface area contributed by atoms with E-state index < -0.39 is 0 Å². The van der Waals surface area contributed by atoms with E-state index in [-0.39, 0.29) is 0 Å². The molecule has 0 saturated carbocycles. The van der Waals surface area contributed by atoms with Gasteiger partial charge in [-0.3, -0.25) is 0 Å². The fourth-order valence-corrected chi connectivity index (χ4v) is 1.60. The highest BCUT2D eigenvalue weighted by atomic mass is 127. The maximum Gasteiger partial charge on any atom is 0.174 e. The monoisotopic (exact) mass is 332 g/mol. The molecule has 0 spiro atoms. The van der Waals surface area contributed by atoms with Gasteiger partial charge < -0.3 is 0 Å². The Morgan fingerprint density at radius 1 is 1.25 bits per heavy atom. The van der Waals surface area contributed by atoms with Crippen LogP contribution in [-0.4, -0.2) is 20.2 Å². The molecule has 88 valence electrons. The van der Waals surface area contributed by atoms with Crippen molar-refractivity contribution in [1.82, 2.24) is 20.2 Å². The molecule has 1 aromatic heterocycles. The number of nitrogens with zero attached hydrogens (tertiary/aromatic N) is 4. The predicted molar refractivity (Wildman–Crippen MR) is 72.1 cm³/mol. The molecule has 0 aliphatic rings. The SMILES string of the molecule is CCCCCCCc1nnn(CC#CI)n1. The summed E-state index contributed by atoms with van der Waals surface area (Å²) in [4.78, 5) is 1.55. The van der Waals surface area contributed by atoms with E-state index in [0.717, 1.165) is 18.7 Å². The van der Waals surface area contributed by atoms with Crippen LogP contribution in [0.25, 0.3) is 0 Å². The van der Waals surface area contributed by atoms with Crippen LogP contribution in [0.1, 0.15) is 44.9 Å². The Labute approximate surface area is 110 Å². The molecule has 1 heterocycles. The lowest BCUT2D eigenvalue weighted by atomic mass is 10.1. The Morgan fingerprint density at radius 2 is 2.06 bits per heavy atom. The highest BCUT2D eigenvalue weighted by molar-refractivity contribution is 14.1. The molecule has 0 radical (unpaired) electrons. The van der Waals surface area contributed by atoms with E-state index in [2.05, 4.69) is 32.2 Å². The zero-order valence-corrected chi connectivity index (χ0v) is 11.8. The molecule has 0 amide bonds. The van der Waals surface area contributed by atoms with Crippen LogP contribution >= 0.6 is 22.6 Å². The Hall–Kier alpha value is -0.640. The van der Waals surface area contributed by atoms with Gasteiger partial charge in [0.2, 0.25) is 0 Å². The summed E-state index contributed by atoms with van der Waals surface area (Å²) in [6.07, 6.45) is 7.26. The molecule has 5 heteroatoms. The number of unbranched alkanes of at least 4 members (excludes halogenated alkanes) is 4. The highest BCUT2D eigenvalue weighted by Gasteiger charge is 2.01. The highest BCUT2D eigenvalue weighted by Crippen LogP contribution is 2.05. The molecule has 0 fully saturated rings. The van der Waals surface area contributed by atoms with Crippen LogP contribution in [0.5, 0.6) is 0 Å². The first-order valence-electron chi connectivity index (χ1n) is 5.72. The lowest BCUT2D eigenvalue weighted by molar-refractivity contribution is 0.585. The molecule has 16 heavy (non-hydrogen) atoms. The Kier molecular flexibility index (Phi) is 7.14. The minimum atomic E-state index is 0.534. The van der Waals surface area contributed by atoms with Crippen LogP contribution in [0, 0.1) is 9.85 Å². The van der Waals surface area contributed by atoms with Crippen LogP contribution < -0.4 is 0 Å². The zero-order valence-electron chi connectivity index (χ0n) is 9.62. The predicted octanol–water partition coefficient (Wildman–Crippen LogP) is 2.58. The Morgan fingerprint density at radius 3 is 2.81 bits per heavy atom. The van der Waals surface area contributed by atoms with Crippen LogP contribution in [0.4, 0.5) is 0 Å². The summed E-state index contributed by atoms with van der Waals surface area (Å²) in [6.45, 7) is 2.76. The smallest absolute Gasteiger partial charge is 0.152 e. The summed E-state index contributed by atoms with van der Waals surface area (Å²) in [5.41, 5.74) is 0. The summed E-state index contributed by atoms with van der Waals surface area (Å²) < 4.78 is 2.78. The molecule has 0 aromatic carbocycles. The summed E-state index contributed by atoms with van der Waals surface area (Å²) in [5.74, 6) is 3.74. The van der Waals surface area contributed by atoms with Crippen molar-refractivity contribution in [3.63, 3.8) is 0 Å². The van der Waals surface area contributed by atoms with Gasteiger partial charge in [-0.25, -0.2) is 0 Å². The third-order valence-corrected chi connectivity index (χ3v) is 2.67. The quantitative estimate of drug-likeness (QED) is 0.438. The van der Waals surface area contributed by atoms with Crippen molar-refractivity contribution in [2.24, 2.45) is 0 Å². The van der Waals surface area contributed by atoms with Gasteiger partial charge in [0.1, 0.15) is 6.54 Å². The summed E-state index contributed by atoms with van der Waals surface area (Å²) in [7, 11) is 0. The molecule has 1 aromatic rings. The van der Waals surface area contributed by atoms with Crippen LogP contribution in [-0.2, 0) is 13.0 Å². The number of hydrogen-bond acceptors (Lipinski definition) is 3. The third-order valence-electron chi connectivity index (χ3n) is 2.29. The average molecular weight is 332 g/mol. The second-order valence-electron chi connectivity index (χ2n) is 3.67. The topological polar surface area (TPSA) is 43.6 Å². The van der Waals surface area contributed by atoms with E-state index in [9.17, 15) is 0 Å². The maximum atomic E-state index is 4.25. The Balaban J connectivity index is 2.20. The van der Waals surface area contributed by atoms with Crippen LogP contribution in [0.3, 0.4) is 0 Å². The van der Waals surface area contributed by atoms with Gasteiger partial charge in [0, 0.05) is 29.0 Å². The van der Waals surface area contributed by atoms with Crippen molar-refractivity contribution in [2.75, 3.05) is 0 Å². The fraction of sp³-hybridized carbons (Fsp3) is 0.727. The minimum Gasteiger partial charge on any atom is -0.152 e. The van der Waals surface area contributed by atoms with E-state index in [1.165, 1.54) is 25.7 Å². The lowest BCUT2D eigenvalue weighted by Gasteiger charge is -1.96. The number of tetrazole rings is 1. The molecule has 0 atom stereocenters. The third kappa shape index (κ3) is 5.45. The van der Waals surface area contributed by atoms with Crippen molar-refractivity contribution in [1.29, 1.82) is 0 Å². The maximum absolute atomic E-state index is 4.25. The average Bonchev–Trinajstić information content (AvgIpc) is 2.74. The number of halogens is 1. The Bertz CT molecular complexity index is 350. The van der Waals surface area contributed by atoms with Gasteiger partial charge in [-0.15, -0.1) is 10.2 Å². The lowest BCUT2D eigenvalue weighted by Crippen LogP contribution is -2.00. The van der Waals surface area contributed by atoms with Crippen molar-refractivity contribution in [2.45, 2.75) is 52.0 Å². The van der Waals surface area contributed by atoms with Gasteiger partial charge >= 0.3 is 0 Å². The molecule has 0 N–H and O–H groups in total. The normalized spacial score (nSPS) is 9.88.